The molecule has 7 nitrogen and oxygen atoms in total. The van der Waals surface area contributed by atoms with Crippen LogP contribution in [0.15, 0.2) is 82.3 Å². The van der Waals surface area contributed by atoms with Crippen molar-refractivity contribution in [2.75, 3.05) is 7.11 Å². The molecule has 0 aliphatic carbocycles. The van der Waals surface area contributed by atoms with Gasteiger partial charge in [0.2, 0.25) is 5.89 Å². The van der Waals surface area contributed by atoms with Crippen molar-refractivity contribution >= 4 is 5.52 Å². The van der Waals surface area contributed by atoms with Gasteiger partial charge in [0, 0.05) is 23.5 Å². The van der Waals surface area contributed by atoms with Gasteiger partial charge >= 0.3 is 0 Å². The molecule has 5 rings (SSSR count). The molecule has 0 saturated carbocycles. The van der Waals surface area contributed by atoms with E-state index in [0.717, 1.165) is 16.8 Å². The van der Waals surface area contributed by atoms with E-state index in [-0.39, 0.29) is 5.56 Å². The van der Waals surface area contributed by atoms with Gasteiger partial charge in [-0.2, -0.15) is 5.10 Å². The summed E-state index contributed by atoms with van der Waals surface area (Å²) in [4.78, 5) is 17.7. The van der Waals surface area contributed by atoms with E-state index in [2.05, 4.69) is 10.1 Å². The van der Waals surface area contributed by atoms with Gasteiger partial charge in [-0.15, -0.1) is 0 Å². The number of hydrogen-bond acceptors (Lipinski definition) is 5. The van der Waals surface area contributed by atoms with E-state index in [0.29, 0.717) is 35.2 Å². The van der Waals surface area contributed by atoms with E-state index >= 15 is 0 Å². The second-order valence-corrected chi connectivity index (χ2v) is 7.18. The SMILES string of the molecule is COc1ccccc1-c1cc2c(=O)n(Cc3nc(-c4ccccc4)oc3C)ccn2n1. The third-order valence-corrected chi connectivity index (χ3v) is 5.22. The zero-order chi connectivity index (χ0) is 21.4. The molecule has 7 heteroatoms. The zero-order valence-corrected chi connectivity index (χ0v) is 17.1. The predicted molar refractivity (Wildman–Crippen MR) is 117 cm³/mol. The van der Waals surface area contributed by atoms with Crippen molar-refractivity contribution in [2.24, 2.45) is 0 Å². The fraction of sp³-hybridized carbons (Fsp3) is 0.125. The fourth-order valence-corrected chi connectivity index (χ4v) is 3.58. The van der Waals surface area contributed by atoms with Gasteiger partial charge in [-0.05, 0) is 37.3 Å². The van der Waals surface area contributed by atoms with Crippen molar-refractivity contribution in [2.45, 2.75) is 13.5 Å². The first-order valence-electron chi connectivity index (χ1n) is 9.88. The first-order valence-corrected chi connectivity index (χ1v) is 9.88. The summed E-state index contributed by atoms with van der Waals surface area (Å²) in [7, 11) is 1.62. The molecule has 2 aromatic carbocycles. The zero-order valence-electron chi connectivity index (χ0n) is 17.1. The summed E-state index contributed by atoms with van der Waals surface area (Å²) in [6.45, 7) is 2.17. The lowest BCUT2D eigenvalue weighted by Gasteiger charge is -2.04. The van der Waals surface area contributed by atoms with Crippen LogP contribution in [0, 0.1) is 6.92 Å². The number of oxazole rings is 1. The number of ether oxygens (including phenoxy) is 1. The number of para-hydroxylation sites is 1. The topological polar surface area (TPSA) is 74.6 Å². The van der Waals surface area contributed by atoms with E-state index in [9.17, 15) is 4.79 Å². The van der Waals surface area contributed by atoms with E-state index in [1.807, 2.05) is 61.5 Å². The molecule has 31 heavy (non-hydrogen) atoms. The van der Waals surface area contributed by atoms with Crippen LogP contribution in [0.4, 0.5) is 0 Å². The first kappa shape index (κ1) is 18.9. The lowest BCUT2D eigenvalue weighted by molar-refractivity contribution is 0.416. The van der Waals surface area contributed by atoms with Crippen molar-refractivity contribution in [3.05, 3.63) is 94.9 Å². The second kappa shape index (κ2) is 7.60. The molecule has 0 amide bonds. The average Bonchev–Trinajstić information content (AvgIpc) is 3.40. The highest BCUT2D eigenvalue weighted by molar-refractivity contribution is 5.71. The van der Waals surface area contributed by atoms with Crippen LogP contribution in [0.25, 0.3) is 28.2 Å². The Hall–Kier alpha value is -4.13. The predicted octanol–water partition coefficient (Wildman–Crippen LogP) is 4.18. The molecule has 0 saturated heterocycles. The number of benzene rings is 2. The van der Waals surface area contributed by atoms with Gasteiger partial charge in [-0.3, -0.25) is 4.79 Å². The molecule has 3 aromatic heterocycles. The Morgan fingerprint density at radius 2 is 1.81 bits per heavy atom. The average molecular weight is 412 g/mol. The summed E-state index contributed by atoms with van der Waals surface area (Å²) >= 11 is 0. The number of aryl methyl sites for hydroxylation is 1. The Balaban J connectivity index is 1.51. The van der Waals surface area contributed by atoms with Crippen molar-refractivity contribution in [3.8, 4) is 28.5 Å². The smallest absolute Gasteiger partial charge is 0.276 e. The quantitative estimate of drug-likeness (QED) is 0.433. The molecular formula is C24H20N4O3. The Morgan fingerprint density at radius 1 is 1.03 bits per heavy atom. The minimum Gasteiger partial charge on any atom is -0.496 e. The maximum Gasteiger partial charge on any atom is 0.276 e. The normalized spacial score (nSPS) is 11.2. The number of hydrogen-bond donors (Lipinski definition) is 0. The molecule has 0 bridgehead atoms. The van der Waals surface area contributed by atoms with E-state index in [1.165, 1.54) is 0 Å². The van der Waals surface area contributed by atoms with Crippen molar-refractivity contribution in [1.29, 1.82) is 0 Å². The highest BCUT2D eigenvalue weighted by atomic mass is 16.5. The number of fused-ring (bicyclic) bond motifs is 1. The van der Waals surface area contributed by atoms with Gasteiger partial charge in [0.15, 0.2) is 0 Å². The standard InChI is InChI=1S/C24H20N4O3/c1-16-20(25-23(31-16)17-8-4-3-5-9-17)15-27-12-13-28-21(24(27)29)14-19(26-28)18-10-6-7-11-22(18)30-2/h3-14H,15H2,1-2H3. The van der Waals surface area contributed by atoms with E-state index in [4.69, 9.17) is 9.15 Å². The summed E-state index contributed by atoms with van der Waals surface area (Å²) in [5.74, 6) is 1.94. The molecule has 5 aromatic rings. The van der Waals surface area contributed by atoms with E-state index < -0.39 is 0 Å². The maximum absolute atomic E-state index is 13.1. The summed E-state index contributed by atoms with van der Waals surface area (Å²) in [6.07, 6.45) is 3.48. The van der Waals surface area contributed by atoms with Crippen molar-refractivity contribution < 1.29 is 9.15 Å². The Labute approximate surface area is 178 Å². The largest absolute Gasteiger partial charge is 0.496 e. The Morgan fingerprint density at radius 3 is 2.61 bits per heavy atom. The second-order valence-electron chi connectivity index (χ2n) is 7.18. The minimum absolute atomic E-state index is 0.153. The maximum atomic E-state index is 13.1. The van der Waals surface area contributed by atoms with E-state index in [1.54, 1.807) is 34.7 Å². The molecule has 0 fully saturated rings. The van der Waals surface area contributed by atoms with Crippen LogP contribution in [-0.2, 0) is 6.54 Å². The molecular weight excluding hydrogens is 392 g/mol. The fourth-order valence-electron chi connectivity index (χ4n) is 3.58. The lowest BCUT2D eigenvalue weighted by atomic mass is 10.1. The van der Waals surface area contributed by atoms with Crippen molar-refractivity contribution in [1.82, 2.24) is 19.2 Å². The van der Waals surface area contributed by atoms with Gasteiger partial charge in [-0.1, -0.05) is 30.3 Å². The molecule has 154 valence electrons. The lowest BCUT2D eigenvalue weighted by Crippen LogP contribution is -2.22. The number of methoxy groups -OCH3 is 1. The van der Waals surface area contributed by atoms with Crippen molar-refractivity contribution in [3.63, 3.8) is 0 Å². The molecule has 0 radical (unpaired) electrons. The van der Waals surface area contributed by atoms with Crippen LogP contribution in [0.5, 0.6) is 5.75 Å². The monoisotopic (exact) mass is 412 g/mol. The van der Waals surface area contributed by atoms with Crippen LogP contribution in [0.3, 0.4) is 0 Å². The highest BCUT2D eigenvalue weighted by Crippen LogP contribution is 2.28. The molecule has 0 N–H and O–H groups in total. The van der Waals surface area contributed by atoms with Gasteiger partial charge in [-0.25, -0.2) is 9.50 Å². The van der Waals surface area contributed by atoms with Crippen LogP contribution >= 0.6 is 0 Å². The van der Waals surface area contributed by atoms with Gasteiger partial charge in [0.25, 0.3) is 5.56 Å². The van der Waals surface area contributed by atoms with Gasteiger partial charge < -0.3 is 13.7 Å². The third-order valence-electron chi connectivity index (χ3n) is 5.22. The Bertz CT molecular complexity index is 1430. The van der Waals surface area contributed by atoms with Crippen LogP contribution < -0.4 is 10.3 Å². The molecule has 0 aliphatic heterocycles. The molecule has 0 unspecified atom stereocenters. The molecule has 0 aliphatic rings. The highest BCUT2D eigenvalue weighted by Gasteiger charge is 2.15. The summed E-state index contributed by atoms with van der Waals surface area (Å²) in [5.41, 5.74) is 3.45. The number of aromatic nitrogens is 4. The first-order chi connectivity index (χ1) is 15.1. The summed E-state index contributed by atoms with van der Waals surface area (Å²) in [5, 5.41) is 4.55. The van der Waals surface area contributed by atoms with Gasteiger partial charge in [0.1, 0.15) is 22.7 Å². The third kappa shape index (κ3) is 3.40. The Kier molecular flexibility index (Phi) is 4.63. The van der Waals surface area contributed by atoms with Crippen LogP contribution in [-0.4, -0.2) is 26.3 Å². The van der Waals surface area contributed by atoms with Crippen LogP contribution in [0.2, 0.25) is 0 Å². The molecule has 0 atom stereocenters. The summed E-state index contributed by atoms with van der Waals surface area (Å²) in [6, 6.07) is 19.1. The summed E-state index contributed by atoms with van der Waals surface area (Å²) < 4.78 is 14.5. The molecule has 0 spiro atoms. The number of rotatable bonds is 5. The number of nitrogens with zero attached hydrogens (tertiary/aromatic N) is 4. The van der Waals surface area contributed by atoms with Gasteiger partial charge in [0.05, 0.1) is 19.3 Å². The minimum atomic E-state index is -0.153. The van der Waals surface area contributed by atoms with Crippen LogP contribution in [0.1, 0.15) is 11.5 Å². The molecule has 3 heterocycles.